The van der Waals surface area contributed by atoms with Crippen molar-refractivity contribution in [1.29, 1.82) is 0 Å². The number of esters is 1. The van der Waals surface area contributed by atoms with Crippen molar-refractivity contribution in [3.8, 4) is 0 Å². The van der Waals surface area contributed by atoms with Crippen LogP contribution >= 0.6 is 0 Å². The minimum atomic E-state index is -0.314. The first kappa shape index (κ1) is 20.1. The second kappa shape index (κ2) is 9.02. The number of ether oxygens (including phenoxy) is 1. The van der Waals surface area contributed by atoms with Gasteiger partial charge in [-0.25, -0.2) is 4.79 Å². The topological polar surface area (TPSA) is 59.8 Å². The number of quaternary nitrogens is 1. The zero-order valence-corrected chi connectivity index (χ0v) is 16.9. The van der Waals surface area contributed by atoms with Crippen LogP contribution in [0.2, 0.25) is 0 Å². The van der Waals surface area contributed by atoms with E-state index < -0.39 is 0 Å². The molecule has 1 saturated heterocycles. The van der Waals surface area contributed by atoms with Crippen LogP contribution in [-0.4, -0.2) is 37.6 Å². The average molecular weight is 381 g/mol. The Balaban J connectivity index is 1.55. The van der Waals surface area contributed by atoms with Gasteiger partial charge in [-0.3, -0.25) is 4.79 Å². The number of carbonyl (C=O) groups excluding carboxylic acids is 2. The molecule has 2 N–H and O–H groups in total. The van der Waals surface area contributed by atoms with Gasteiger partial charge >= 0.3 is 5.97 Å². The van der Waals surface area contributed by atoms with E-state index in [9.17, 15) is 9.59 Å². The first-order valence-electron chi connectivity index (χ1n) is 9.91. The number of benzene rings is 2. The molecule has 0 saturated carbocycles. The summed E-state index contributed by atoms with van der Waals surface area (Å²) in [6, 6.07) is 13.1. The van der Waals surface area contributed by atoms with E-state index in [2.05, 4.69) is 24.4 Å². The molecule has 148 valence electrons. The highest BCUT2D eigenvalue weighted by molar-refractivity contribution is 5.95. The van der Waals surface area contributed by atoms with Crippen molar-refractivity contribution in [1.82, 2.24) is 0 Å². The molecule has 1 unspecified atom stereocenters. The molecule has 0 bridgehead atoms. The van der Waals surface area contributed by atoms with E-state index in [1.807, 2.05) is 32.0 Å². The van der Waals surface area contributed by atoms with Gasteiger partial charge in [-0.05, 0) is 44.0 Å². The monoisotopic (exact) mass is 381 g/mol. The molecule has 0 radical (unpaired) electrons. The fourth-order valence-electron chi connectivity index (χ4n) is 4.05. The quantitative estimate of drug-likeness (QED) is 0.756. The molecule has 2 aromatic rings. The van der Waals surface area contributed by atoms with E-state index in [4.69, 9.17) is 4.74 Å². The van der Waals surface area contributed by atoms with Crippen molar-refractivity contribution in [3.63, 3.8) is 0 Å². The van der Waals surface area contributed by atoms with Crippen LogP contribution in [0.5, 0.6) is 0 Å². The van der Waals surface area contributed by atoms with Gasteiger partial charge in [-0.2, -0.15) is 0 Å². The van der Waals surface area contributed by atoms with Crippen molar-refractivity contribution < 1.29 is 19.2 Å². The van der Waals surface area contributed by atoms with Gasteiger partial charge in [-0.1, -0.05) is 35.9 Å². The van der Waals surface area contributed by atoms with Crippen LogP contribution in [0.4, 0.5) is 5.69 Å². The van der Waals surface area contributed by atoms with E-state index in [0.29, 0.717) is 18.7 Å². The summed E-state index contributed by atoms with van der Waals surface area (Å²) in [7, 11) is 0. The maximum atomic E-state index is 12.9. The summed E-state index contributed by atoms with van der Waals surface area (Å²) >= 11 is 0. The molecule has 1 heterocycles. The molecule has 3 rings (SSSR count). The second-order valence-electron chi connectivity index (χ2n) is 7.62. The predicted molar refractivity (Wildman–Crippen MR) is 110 cm³/mol. The molecule has 0 aromatic heterocycles. The Hall–Kier alpha value is -2.66. The molecule has 0 aliphatic carbocycles. The Kier molecular flexibility index (Phi) is 6.47. The van der Waals surface area contributed by atoms with Gasteiger partial charge in [0, 0.05) is 18.5 Å². The van der Waals surface area contributed by atoms with E-state index in [1.54, 1.807) is 12.1 Å². The highest BCUT2D eigenvalue weighted by Crippen LogP contribution is 2.22. The van der Waals surface area contributed by atoms with Crippen LogP contribution in [0.1, 0.15) is 39.9 Å². The van der Waals surface area contributed by atoms with Gasteiger partial charge in [-0.15, -0.1) is 0 Å². The van der Waals surface area contributed by atoms with Crippen molar-refractivity contribution >= 4 is 17.6 Å². The van der Waals surface area contributed by atoms with E-state index >= 15 is 0 Å². The Labute approximate surface area is 166 Å². The molecule has 0 spiro atoms. The van der Waals surface area contributed by atoms with Crippen LogP contribution in [-0.2, 0) is 9.53 Å². The SMILES string of the molecule is Cc1cc(C)c(NC(=O)[C@@H]2CCC[NH+]2CCOC(=O)c2ccccc2)c(C)c1. The van der Waals surface area contributed by atoms with E-state index in [-0.39, 0.29) is 17.9 Å². The Morgan fingerprint density at radius 2 is 1.79 bits per heavy atom. The number of rotatable bonds is 6. The van der Waals surface area contributed by atoms with Gasteiger partial charge in [0.2, 0.25) is 0 Å². The van der Waals surface area contributed by atoms with Crippen LogP contribution in [0.3, 0.4) is 0 Å². The zero-order valence-electron chi connectivity index (χ0n) is 16.9. The number of likely N-dealkylation sites (tertiary alicyclic amines) is 1. The number of carbonyl (C=O) groups is 2. The largest absolute Gasteiger partial charge is 0.456 e. The molecule has 28 heavy (non-hydrogen) atoms. The zero-order chi connectivity index (χ0) is 20.1. The lowest BCUT2D eigenvalue weighted by molar-refractivity contribution is -0.903. The maximum Gasteiger partial charge on any atom is 0.338 e. The third kappa shape index (κ3) is 4.78. The molecule has 5 heteroatoms. The lowest BCUT2D eigenvalue weighted by Gasteiger charge is -2.22. The Morgan fingerprint density at radius 3 is 2.46 bits per heavy atom. The molecule has 2 atom stereocenters. The first-order chi connectivity index (χ1) is 13.5. The number of amides is 1. The second-order valence-corrected chi connectivity index (χ2v) is 7.62. The summed E-state index contributed by atoms with van der Waals surface area (Å²) in [5.74, 6) is -0.261. The highest BCUT2D eigenvalue weighted by atomic mass is 16.5. The van der Waals surface area contributed by atoms with E-state index in [1.165, 1.54) is 10.5 Å². The van der Waals surface area contributed by atoms with Crippen molar-refractivity contribution in [2.24, 2.45) is 0 Å². The Morgan fingerprint density at radius 1 is 1.11 bits per heavy atom. The summed E-state index contributed by atoms with van der Waals surface area (Å²) < 4.78 is 5.40. The number of aryl methyl sites for hydroxylation is 3. The highest BCUT2D eigenvalue weighted by Gasteiger charge is 2.35. The summed E-state index contributed by atoms with van der Waals surface area (Å²) in [6.45, 7) is 7.99. The van der Waals surface area contributed by atoms with Gasteiger partial charge < -0.3 is 15.0 Å². The van der Waals surface area contributed by atoms with Gasteiger partial charge in [0.05, 0.1) is 12.1 Å². The van der Waals surface area contributed by atoms with Crippen LogP contribution in [0.15, 0.2) is 42.5 Å². The minimum absolute atomic E-state index is 0.0527. The molecular formula is C23H29N2O3+. The number of nitrogens with one attached hydrogen (secondary N) is 2. The Bertz CT molecular complexity index is 825. The van der Waals surface area contributed by atoms with Crippen molar-refractivity contribution in [2.75, 3.05) is 25.0 Å². The molecule has 2 aromatic carbocycles. The molecular weight excluding hydrogens is 352 g/mol. The molecule has 5 nitrogen and oxygen atoms in total. The normalized spacial score (nSPS) is 18.7. The fraction of sp³-hybridized carbons (Fsp3) is 0.391. The lowest BCUT2D eigenvalue weighted by Crippen LogP contribution is -3.15. The molecule has 1 aliphatic rings. The fourth-order valence-corrected chi connectivity index (χ4v) is 4.05. The smallest absolute Gasteiger partial charge is 0.338 e. The third-order valence-corrected chi connectivity index (χ3v) is 5.39. The van der Waals surface area contributed by atoms with E-state index in [0.717, 1.165) is 36.2 Å². The van der Waals surface area contributed by atoms with Gasteiger partial charge in [0.1, 0.15) is 13.2 Å². The molecule has 1 aliphatic heterocycles. The van der Waals surface area contributed by atoms with Crippen LogP contribution in [0, 0.1) is 20.8 Å². The minimum Gasteiger partial charge on any atom is -0.456 e. The summed E-state index contributed by atoms with van der Waals surface area (Å²) in [4.78, 5) is 26.1. The summed E-state index contributed by atoms with van der Waals surface area (Å²) in [6.07, 6.45) is 1.86. The number of anilines is 1. The average Bonchev–Trinajstić information content (AvgIpc) is 3.13. The first-order valence-corrected chi connectivity index (χ1v) is 9.91. The molecule has 1 fully saturated rings. The van der Waals surface area contributed by atoms with Crippen molar-refractivity contribution in [3.05, 3.63) is 64.7 Å². The van der Waals surface area contributed by atoms with Crippen molar-refractivity contribution in [2.45, 2.75) is 39.7 Å². The molecule has 1 amide bonds. The maximum absolute atomic E-state index is 12.9. The number of hydrogen-bond acceptors (Lipinski definition) is 3. The summed E-state index contributed by atoms with van der Waals surface area (Å²) in [5, 5.41) is 3.14. The van der Waals surface area contributed by atoms with Crippen LogP contribution in [0.25, 0.3) is 0 Å². The third-order valence-electron chi connectivity index (χ3n) is 5.39. The predicted octanol–water partition coefficient (Wildman–Crippen LogP) is 2.45. The van der Waals surface area contributed by atoms with Gasteiger partial charge in [0.25, 0.3) is 5.91 Å². The standard InChI is InChI=1S/C23H28N2O3/c1-16-14-17(2)21(18(3)15-16)24-22(26)20-10-7-11-25(20)12-13-28-23(27)19-8-5-4-6-9-19/h4-6,8-9,14-15,20H,7,10-13H2,1-3H3,(H,24,26)/p+1/t20-/m0/s1. The number of hydrogen-bond donors (Lipinski definition) is 2. The summed E-state index contributed by atoms with van der Waals surface area (Å²) in [5.41, 5.74) is 4.83. The van der Waals surface area contributed by atoms with Crippen LogP contribution < -0.4 is 10.2 Å². The van der Waals surface area contributed by atoms with Gasteiger partial charge in [0.15, 0.2) is 6.04 Å². The lowest BCUT2D eigenvalue weighted by atomic mass is 10.0.